The molecule has 0 spiro atoms. The van der Waals surface area contributed by atoms with Crippen LogP contribution in [0.5, 0.6) is 0 Å². The number of alkyl carbamates (subject to hydrolysis) is 1. The van der Waals surface area contributed by atoms with Crippen LogP contribution in [0.4, 0.5) is 4.79 Å². The lowest BCUT2D eigenvalue weighted by Crippen LogP contribution is -2.49. The van der Waals surface area contributed by atoms with E-state index >= 15 is 0 Å². The van der Waals surface area contributed by atoms with Gasteiger partial charge in [0.1, 0.15) is 17.7 Å². The van der Waals surface area contributed by atoms with Gasteiger partial charge in [0.05, 0.1) is 12.3 Å². The van der Waals surface area contributed by atoms with Crippen molar-refractivity contribution in [3.63, 3.8) is 0 Å². The zero-order valence-electron chi connectivity index (χ0n) is 22.9. The van der Waals surface area contributed by atoms with Crippen molar-refractivity contribution in [1.82, 2.24) is 25.4 Å². The van der Waals surface area contributed by atoms with Crippen LogP contribution in [-0.2, 0) is 33.7 Å². The first-order valence-electron chi connectivity index (χ1n) is 13.2. The van der Waals surface area contributed by atoms with Gasteiger partial charge in [-0.25, -0.2) is 9.59 Å². The Kier molecular flexibility index (Phi) is 8.02. The Morgan fingerprint density at radius 2 is 1.88 bits per heavy atom. The molecule has 214 valence electrons. The molecule has 0 radical (unpaired) electrons. The summed E-state index contributed by atoms with van der Waals surface area (Å²) in [4.78, 5) is 42.6. The second-order valence-electron chi connectivity index (χ2n) is 10.8. The molecule has 4 aromatic rings. The van der Waals surface area contributed by atoms with Gasteiger partial charge in [-0.1, -0.05) is 60.3 Å². The smallest absolute Gasteiger partial charge is 0.408 e. The highest BCUT2D eigenvalue weighted by molar-refractivity contribution is 7.99. The number of carboxylic acid groups (broad SMARTS) is 1. The fraction of sp³-hybridized carbons (Fsp3) is 0.345. The van der Waals surface area contributed by atoms with Crippen LogP contribution in [0.1, 0.15) is 49.5 Å². The van der Waals surface area contributed by atoms with E-state index < -0.39 is 29.7 Å². The van der Waals surface area contributed by atoms with E-state index in [4.69, 9.17) is 9.15 Å². The van der Waals surface area contributed by atoms with E-state index in [1.54, 1.807) is 20.8 Å². The highest BCUT2D eigenvalue weighted by Crippen LogP contribution is 2.31. The third-order valence-corrected chi connectivity index (χ3v) is 7.43. The maximum Gasteiger partial charge on any atom is 0.408 e. The Balaban J connectivity index is 1.28. The summed E-state index contributed by atoms with van der Waals surface area (Å²) >= 11 is 1.02. The number of thioether (sulfide) groups is 1. The lowest BCUT2D eigenvalue weighted by molar-refractivity contribution is -0.150. The molecular formula is C29H31N5O6S. The quantitative estimate of drug-likeness (QED) is 0.257. The number of fused-ring (bicyclic) bond motifs is 3. The maximum atomic E-state index is 13.2. The number of aromatic nitrogens is 3. The van der Waals surface area contributed by atoms with Crippen molar-refractivity contribution in [3.05, 3.63) is 77.3 Å². The molecule has 11 nitrogen and oxygen atoms in total. The molecule has 0 saturated carbocycles. The third kappa shape index (κ3) is 6.71. The standard InChI is InChI=1S/C29H31N5O6S/c1-29(2,3)40-27(38)31-21(13-17-9-5-4-6-10-17)25-32-33-28(39-25)41-16-24(35)34-15-22-19(14-23(34)26(36)37)18-11-7-8-12-20(18)30-22/h4-12,21,23,30H,13-16H2,1-3H3,(H,31,38)(H,36,37). The zero-order valence-corrected chi connectivity index (χ0v) is 23.7. The number of hydrogen-bond donors (Lipinski definition) is 3. The molecule has 0 bridgehead atoms. The molecule has 2 unspecified atom stereocenters. The molecule has 2 aromatic carbocycles. The summed E-state index contributed by atoms with van der Waals surface area (Å²) in [5.41, 5.74) is 2.92. The normalized spacial score (nSPS) is 15.8. The van der Waals surface area contributed by atoms with Crippen LogP contribution < -0.4 is 5.32 Å². The third-order valence-electron chi connectivity index (χ3n) is 6.62. The molecule has 3 N–H and O–H groups in total. The van der Waals surface area contributed by atoms with E-state index in [-0.39, 0.29) is 35.7 Å². The molecule has 1 aliphatic rings. The topological polar surface area (TPSA) is 151 Å². The first-order chi connectivity index (χ1) is 19.6. The summed E-state index contributed by atoms with van der Waals surface area (Å²) in [5.74, 6) is -1.35. The van der Waals surface area contributed by atoms with Crippen LogP contribution in [0.15, 0.2) is 64.2 Å². The Labute approximate surface area is 240 Å². The molecular weight excluding hydrogens is 546 g/mol. The molecule has 41 heavy (non-hydrogen) atoms. The van der Waals surface area contributed by atoms with Crippen molar-refractivity contribution in [3.8, 4) is 0 Å². The van der Waals surface area contributed by atoms with Crippen molar-refractivity contribution in [2.45, 2.75) is 63.1 Å². The number of nitrogens with one attached hydrogen (secondary N) is 2. The average Bonchev–Trinajstić information content (AvgIpc) is 3.54. The molecule has 0 fully saturated rings. The molecule has 2 atom stereocenters. The van der Waals surface area contributed by atoms with Crippen molar-refractivity contribution in [2.24, 2.45) is 0 Å². The first-order valence-corrected chi connectivity index (χ1v) is 14.2. The number of benzene rings is 2. The summed E-state index contributed by atoms with van der Waals surface area (Å²) in [6.45, 7) is 5.47. The monoisotopic (exact) mass is 577 g/mol. The fourth-order valence-corrected chi connectivity index (χ4v) is 5.47. The van der Waals surface area contributed by atoms with Crippen LogP contribution in [0.3, 0.4) is 0 Å². The Bertz CT molecular complexity index is 1560. The molecule has 12 heteroatoms. The Morgan fingerprint density at radius 1 is 1.15 bits per heavy atom. The van der Waals surface area contributed by atoms with Gasteiger partial charge in [-0.2, -0.15) is 0 Å². The van der Waals surface area contributed by atoms with E-state index in [1.807, 2.05) is 54.6 Å². The summed E-state index contributed by atoms with van der Waals surface area (Å²) in [6.07, 6.45) is -0.0263. The van der Waals surface area contributed by atoms with E-state index in [0.29, 0.717) is 6.42 Å². The minimum atomic E-state index is -1.06. The second kappa shape index (κ2) is 11.7. The predicted octanol–water partition coefficient (Wildman–Crippen LogP) is 4.49. The average molecular weight is 578 g/mol. The van der Waals surface area contributed by atoms with Gasteiger partial charge < -0.3 is 29.5 Å². The van der Waals surface area contributed by atoms with Crippen LogP contribution in [0.25, 0.3) is 10.9 Å². The number of carboxylic acids is 1. The van der Waals surface area contributed by atoms with Gasteiger partial charge in [-0.3, -0.25) is 4.79 Å². The molecule has 2 aromatic heterocycles. The van der Waals surface area contributed by atoms with Crippen LogP contribution in [0.2, 0.25) is 0 Å². The second-order valence-corrected chi connectivity index (χ2v) is 11.7. The minimum Gasteiger partial charge on any atom is -0.480 e. The molecule has 2 amide bonds. The zero-order chi connectivity index (χ0) is 29.1. The summed E-state index contributed by atoms with van der Waals surface area (Å²) in [5, 5.41) is 22.0. The van der Waals surface area contributed by atoms with E-state index in [1.165, 1.54) is 4.90 Å². The number of aliphatic carboxylic acids is 1. The highest BCUT2D eigenvalue weighted by Gasteiger charge is 2.36. The van der Waals surface area contributed by atoms with Gasteiger partial charge in [0.15, 0.2) is 0 Å². The number of nitrogens with zero attached hydrogens (tertiary/aromatic N) is 3. The summed E-state index contributed by atoms with van der Waals surface area (Å²) in [7, 11) is 0. The first kappa shape index (κ1) is 28.2. The van der Waals surface area contributed by atoms with E-state index in [2.05, 4.69) is 20.5 Å². The van der Waals surface area contributed by atoms with Crippen LogP contribution >= 0.6 is 11.8 Å². The number of carbonyl (C=O) groups is 3. The number of hydrogen-bond acceptors (Lipinski definition) is 8. The highest BCUT2D eigenvalue weighted by atomic mass is 32.2. The van der Waals surface area contributed by atoms with Crippen molar-refractivity contribution in [2.75, 3.05) is 5.75 Å². The van der Waals surface area contributed by atoms with Gasteiger partial charge in [0.2, 0.25) is 11.8 Å². The molecule has 5 rings (SSSR count). The van der Waals surface area contributed by atoms with Gasteiger partial charge in [0, 0.05) is 29.4 Å². The lowest BCUT2D eigenvalue weighted by atomic mass is 9.96. The molecule has 1 aliphatic heterocycles. The van der Waals surface area contributed by atoms with Crippen molar-refractivity contribution >= 4 is 40.6 Å². The molecule has 0 saturated heterocycles. The summed E-state index contributed by atoms with van der Waals surface area (Å²) in [6, 6.07) is 15.6. The number of H-pyrrole nitrogens is 1. The SMILES string of the molecule is CC(C)(C)OC(=O)NC(Cc1ccccc1)c1nnc(SCC(=O)N2Cc3[nH]c4ccccc4c3CC2C(=O)O)o1. The van der Waals surface area contributed by atoms with Crippen molar-refractivity contribution < 1.29 is 28.6 Å². The largest absolute Gasteiger partial charge is 0.480 e. The van der Waals surface area contributed by atoms with Gasteiger partial charge in [0.25, 0.3) is 5.22 Å². The van der Waals surface area contributed by atoms with Gasteiger partial charge >= 0.3 is 12.1 Å². The number of para-hydroxylation sites is 1. The number of carbonyl (C=O) groups excluding carboxylic acids is 2. The van der Waals surface area contributed by atoms with Crippen LogP contribution in [0, 0.1) is 0 Å². The van der Waals surface area contributed by atoms with Gasteiger partial charge in [-0.15, -0.1) is 10.2 Å². The molecule has 0 aliphatic carbocycles. The minimum absolute atomic E-state index is 0.0934. The maximum absolute atomic E-state index is 13.2. The Morgan fingerprint density at radius 3 is 2.61 bits per heavy atom. The van der Waals surface area contributed by atoms with E-state index in [0.717, 1.165) is 39.5 Å². The van der Waals surface area contributed by atoms with Crippen molar-refractivity contribution in [1.29, 1.82) is 0 Å². The Hall–Kier alpha value is -4.32. The summed E-state index contributed by atoms with van der Waals surface area (Å²) < 4.78 is 11.2. The molecule has 3 heterocycles. The number of rotatable bonds is 8. The van der Waals surface area contributed by atoms with Crippen LogP contribution in [-0.4, -0.2) is 60.6 Å². The van der Waals surface area contributed by atoms with E-state index in [9.17, 15) is 19.5 Å². The number of aromatic amines is 1. The predicted molar refractivity (Wildman–Crippen MR) is 151 cm³/mol. The number of amides is 2. The fourth-order valence-electron chi connectivity index (χ4n) is 4.82. The number of ether oxygens (including phenoxy) is 1. The lowest BCUT2D eigenvalue weighted by Gasteiger charge is -2.33. The van der Waals surface area contributed by atoms with Gasteiger partial charge in [-0.05, 0) is 38.0 Å².